The molecular weight excluding hydrogens is 370 g/mol. The summed E-state index contributed by atoms with van der Waals surface area (Å²) in [6.07, 6.45) is 1.81. The fourth-order valence-electron chi connectivity index (χ4n) is 2.07. The van der Waals surface area contributed by atoms with E-state index in [4.69, 9.17) is 0 Å². The van der Waals surface area contributed by atoms with E-state index in [2.05, 4.69) is 59.2 Å². The average Bonchev–Trinajstić information content (AvgIpc) is 2.57. The number of hydrogen-bond acceptors (Lipinski definition) is 1. The quantitative estimate of drug-likeness (QED) is 0.572. The molecule has 0 saturated carbocycles. The first-order valence-electron chi connectivity index (χ1n) is 8.50. The summed E-state index contributed by atoms with van der Waals surface area (Å²) in [6.45, 7) is 6.97. The standard InChI is InChI=1S/C15H17N2.3C2H6N.Ti/c1-11-8-12(2)15(13(3)9-11)17-10-14-6-4-5-7-16-14;3*1-3-2;/h4-9H,10H2,1-3H3;3*1-2H3;/q4*-1;+4. The van der Waals surface area contributed by atoms with Gasteiger partial charge in [0.1, 0.15) is 0 Å². The minimum Gasteiger partial charge on any atom is -0.679 e. The Morgan fingerprint density at radius 1 is 0.778 bits per heavy atom. The second kappa shape index (κ2) is 21.1. The summed E-state index contributed by atoms with van der Waals surface area (Å²) in [5.41, 5.74) is 5.86. The molecule has 0 saturated heterocycles. The summed E-state index contributed by atoms with van der Waals surface area (Å²) in [5.74, 6) is 0. The Hall–Kier alpha value is -1.24. The van der Waals surface area contributed by atoms with Gasteiger partial charge in [-0.15, -0.1) is 5.69 Å². The van der Waals surface area contributed by atoms with Crippen molar-refractivity contribution in [2.45, 2.75) is 27.3 Å². The van der Waals surface area contributed by atoms with Gasteiger partial charge in [-0.2, -0.15) is 42.3 Å². The van der Waals surface area contributed by atoms with Crippen LogP contribution in [0, 0.1) is 20.8 Å². The van der Waals surface area contributed by atoms with E-state index in [1.807, 2.05) is 18.2 Å². The van der Waals surface area contributed by atoms with Crippen LogP contribution in [0.5, 0.6) is 0 Å². The Labute approximate surface area is 182 Å². The van der Waals surface area contributed by atoms with Crippen molar-refractivity contribution in [3.63, 3.8) is 0 Å². The van der Waals surface area contributed by atoms with Gasteiger partial charge < -0.3 is 21.3 Å². The van der Waals surface area contributed by atoms with E-state index in [9.17, 15) is 0 Å². The zero-order chi connectivity index (χ0) is 20.4. The number of aromatic nitrogens is 1. The second-order valence-corrected chi connectivity index (χ2v) is 5.73. The summed E-state index contributed by atoms with van der Waals surface area (Å²) >= 11 is 0. The normalized spacial score (nSPS) is 8.48. The van der Waals surface area contributed by atoms with E-state index in [1.165, 1.54) is 16.7 Å². The Kier molecular flexibility index (Phi) is 23.8. The minimum atomic E-state index is 0. The molecule has 0 radical (unpaired) electrons. The third-order valence-corrected chi connectivity index (χ3v) is 2.76. The summed E-state index contributed by atoms with van der Waals surface area (Å²) in [5, 5.41) is 15.2. The van der Waals surface area contributed by atoms with E-state index >= 15 is 0 Å². The van der Waals surface area contributed by atoms with Crippen LogP contribution >= 0.6 is 0 Å². The van der Waals surface area contributed by atoms with Crippen LogP contribution < -0.4 is 0 Å². The molecular formula is C21H35N5Ti. The molecule has 2 aromatic rings. The van der Waals surface area contributed by atoms with Gasteiger partial charge in [-0.05, 0) is 32.9 Å². The molecule has 5 nitrogen and oxygen atoms in total. The van der Waals surface area contributed by atoms with Crippen molar-refractivity contribution in [1.29, 1.82) is 0 Å². The molecule has 148 valence electrons. The number of hydrogen-bond donors (Lipinski definition) is 0. The predicted molar refractivity (Wildman–Crippen MR) is 117 cm³/mol. The predicted octanol–water partition coefficient (Wildman–Crippen LogP) is 6.07. The van der Waals surface area contributed by atoms with Gasteiger partial charge in [-0.25, -0.2) is 0 Å². The topological polar surface area (TPSA) is 69.3 Å². The fourth-order valence-corrected chi connectivity index (χ4v) is 2.07. The van der Waals surface area contributed by atoms with Gasteiger partial charge in [0.25, 0.3) is 0 Å². The Morgan fingerprint density at radius 2 is 1.22 bits per heavy atom. The van der Waals surface area contributed by atoms with Crippen LogP contribution in [0.3, 0.4) is 0 Å². The molecule has 6 heteroatoms. The monoisotopic (exact) mass is 405 g/mol. The van der Waals surface area contributed by atoms with Crippen LogP contribution in [-0.2, 0) is 28.3 Å². The van der Waals surface area contributed by atoms with E-state index < -0.39 is 0 Å². The number of benzene rings is 1. The van der Waals surface area contributed by atoms with Gasteiger partial charge in [0.15, 0.2) is 0 Å². The Balaban J connectivity index is -0.000000492. The first-order chi connectivity index (χ1) is 12.4. The number of nitrogens with zero attached hydrogens (tertiary/aromatic N) is 5. The summed E-state index contributed by atoms with van der Waals surface area (Å²) < 4.78 is 0. The molecule has 0 aliphatic heterocycles. The largest absolute Gasteiger partial charge is 4.00 e. The van der Waals surface area contributed by atoms with Crippen molar-refractivity contribution in [1.82, 2.24) is 4.98 Å². The molecule has 0 bridgehead atoms. The molecule has 0 fully saturated rings. The third-order valence-electron chi connectivity index (χ3n) is 2.76. The molecule has 0 spiro atoms. The number of pyridine rings is 1. The maximum Gasteiger partial charge on any atom is 4.00 e. The van der Waals surface area contributed by atoms with E-state index in [-0.39, 0.29) is 21.7 Å². The summed E-state index contributed by atoms with van der Waals surface area (Å²) in [4.78, 5) is 4.28. The molecule has 27 heavy (non-hydrogen) atoms. The van der Waals surface area contributed by atoms with Gasteiger partial charge in [-0.1, -0.05) is 41.4 Å². The molecule has 0 N–H and O–H groups in total. The molecule has 1 aromatic carbocycles. The van der Waals surface area contributed by atoms with Crippen LogP contribution in [0.2, 0.25) is 0 Å². The third kappa shape index (κ3) is 16.6. The van der Waals surface area contributed by atoms with Crippen molar-refractivity contribution >= 4 is 5.69 Å². The molecule has 0 unspecified atom stereocenters. The maximum absolute atomic E-state index is 4.65. The molecule has 2 rings (SSSR count). The number of rotatable bonds is 3. The zero-order valence-corrected chi connectivity index (χ0v) is 20.0. The Bertz CT molecular complexity index is 534. The van der Waals surface area contributed by atoms with Gasteiger partial charge in [0.2, 0.25) is 0 Å². The van der Waals surface area contributed by atoms with Crippen LogP contribution in [-0.4, -0.2) is 47.3 Å². The number of aryl methyl sites for hydroxylation is 3. The van der Waals surface area contributed by atoms with Crippen LogP contribution in [0.4, 0.5) is 5.69 Å². The van der Waals surface area contributed by atoms with Gasteiger partial charge in [-0.3, -0.25) is 4.98 Å². The van der Waals surface area contributed by atoms with E-state index in [0.29, 0.717) is 6.54 Å². The smallest absolute Gasteiger partial charge is 0.679 e. The van der Waals surface area contributed by atoms with Gasteiger partial charge in [0, 0.05) is 11.9 Å². The van der Waals surface area contributed by atoms with Gasteiger partial charge >= 0.3 is 21.7 Å². The van der Waals surface area contributed by atoms with E-state index in [0.717, 1.165) is 11.4 Å². The fraction of sp³-hybridized carbons (Fsp3) is 0.476. The van der Waals surface area contributed by atoms with Crippen molar-refractivity contribution in [3.8, 4) is 0 Å². The molecule has 0 amide bonds. The van der Waals surface area contributed by atoms with Crippen LogP contribution in [0.1, 0.15) is 22.4 Å². The van der Waals surface area contributed by atoms with Gasteiger partial charge in [0.05, 0.1) is 0 Å². The maximum atomic E-state index is 4.65. The van der Waals surface area contributed by atoms with Crippen molar-refractivity contribution in [3.05, 3.63) is 80.2 Å². The van der Waals surface area contributed by atoms with E-state index in [1.54, 1.807) is 48.5 Å². The summed E-state index contributed by atoms with van der Waals surface area (Å²) in [6, 6.07) is 10.3. The molecule has 0 aliphatic carbocycles. The zero-order valence-electron chi connectivity index (χ0n) is 18.4. The van der Waals surface area contributed by atoms with Crippen LogP contribution in [0.15, 0.2) is 36.5 Å². The first kappa shape index (κ1) is 30.5. The Morgan fingerprint density at radius 3 is 1.59 bits per heavy atom. The average molecular weight is 405 g/mol. The van der Waals surface area contributed by atoms with Crippen molar-refractivity contribution < 1.29 is 21.7 Å². The molecule has 0 atom stereocenters. The second-order valence-electron chi connectivity index (χ2n) is 5.73. The van der Waals surface area contributed by atoms with Crippen molar-refractivity contribution in [2.75, 3.05) is 42.3 Å². The summed E-state index contributed by atoms with van der Waals surface area (Å²) in [7, 11) is 10.5. The first-order valence-corrected chi connectivity index (χ1v) is 8.50. The molecule has 0 aliphatic rings. The molecule has 1 aromatic heterocycles. The SMILES string of the molecule is C[N-]C.C[N-]C.C[N-]C.Cc1cc(C)c([N-]Cc2ccccn2)c(C)c1.[Ti+4]. The molecule has 1 heterocycles. The van der Waals surface area contributed by atoms with Crippen molar-refractivity contribution in [2.24, 2.45) is 0 Å². The van der Waals surface area contributed by atoms with Crippen LogP contribution in [0.25, 0.3) is 21.3 Å². The minimum absolute atomic E-state index is 0.